The Balaban J connectivity index is 2.08. The molecule has 0 bridgehead atoms. The fourth-order valence-corrected chi connectivity index (χ4v) is 2.46. The van der Waals surface area contributed by atoms with Crippen LogP contribution in [0.2, 0.25) is 0 Å². The number of nitrogens with one attached hydrogen (secondary N) is 1. The molecule has 0 saturated carbocycles. The lowest BCUT2D eigenvalue weighted by Gasteiger charge is -1.98. The van der Waals surface area contributed by atoms with Crippen LogP contribution in [0.4, 0.5) is 5.13 Å². The molecule has 108 valence electrons. The van der Waals surface area contributed by atoms with Gasteiger partial charge in [0.1, 0.15) is 0 Å². The molecule has 2 aromatic rings. The summed E-state index contributed by atoms with van der Waals surface area (Å²) in [6, 6.07) is 7.32. The third kappa shape index (κ3) is 4.85. The molecule has 0 aliphatic carbocycles. The van der Waals surface area contributed by atoms with Gasteiger partial charge in [-0.1, -0.05) is 30.3 Å². The molecule has 2 rings (SSSR count). The first-order valence-electron chi connectivity index (χ1n) is 6.25. The van der Waals surface area contributed by atoms with E-state index < -0.39 is 5.97 Å². The van der Waals surface area contributed by atoms with Gasteiger partial charge in [-0.25, -0.2) is 4.98 Å². The number of carboxylic acid groups (broad SMARTS) is 1. The highest BCUT2D eigenvalue weighted by Gasteiger charge is 2.02. The number of thiazole rings is 1. The lowest BCUT2D eigenvalue weighted by molar-refractivity contribution is -0.136. The molecule has 5 nitrogen and oxygen atoms in total. The van der Waals surface area contributed by atoms with Gasteiger partial charge in [0.2, 0.25) is 5.91 Å². The summed E-state index contributed by atoms with van der Waals surface area (Å²) >= 11 is 1.35. The Labute approximate surface area is 126 Å². The maximum Gasteiger partial charge on any atom is 0.307 e. The summed E-state index contributed by atoms with van der Waals surface area (Å²) in [7, 11) is 0. The number of amides is 1. The minimum Gasteiger partial charge on any atom is -0.481 e. The molecule has 0 spiro atoms. The fourth-order valence-electron chi connectivity index (χ4n) is 1.73. The van der Waals surface area contributed by atoms with Crippen molar-refractivity contribution in [2.24, 2.45) is 0 Å². The van der Waals surface area contributed by atoms with Gasteiger partial charge < -0.3 is 10.4 Å². The second kappa shape index (κ2) is 6.81. The molecular weight excluding hydrogens is 288 g/mol. The number of anilines is 1. The van der Waals surface area contributed by atoms with Crippen LogP contribution in [0.3, 0.4) is 0 Å². The number of carbonyl (C=O) groups is 2. The molecular formula is C15H14N2O3S. The fraction of sp³-hybridized carbons (Fsp3) is 0.133. The molecule has 0 saturated heterocycles. The van der Waals surface area contributed by atoms with Crippen LogP contribution >= 0.6 is 11.3 Å². The van der Waals surface area contributed by atoms with Crippen molar-refractivity contribution in [1.82, 2.24) is 4.98 Å². The van der Waals surface area contributed by atoms with Gasteiger partial charge in [-0.2, -0.15) is 0 Å². The van der Waals surface area contributed by atoms with Gasteiger partial charge in [0.15, 0.2) is 5.13 Å². The molecule has 1 aromatic carbocycles. The first-order chi connectivity index (χ1) is 10.0. The zero-order valence-corrected chi connectivity index (χ0v) is 12.2. The number of hydrogen-bond donors (Lipinski definition) is 2. The van der Waals surface area contributed by atoms with Crippen molar-refractivity contribution in [2.45, 2.75) is 13.3 Å². The average molecular weight is 302 g/mol. The number of hydrogen-bond acceptors (Lipinski definition) is 4. The van der Waals surface area contributed by atoms with Crippen LogP contribution < -0.4 is 5.32 Å². The smallest absolute Gasteiger partial charge is 0.307 e. The monoisotopic (exact) mass is 302 g/mol. The van der Waals surface area contributed by atoms with Gasteiger partial charge in [0.05, 0.1) is 12.1 Å². The summed E-state index contributed by atoms with van der Waals surface area (Å²) in [4.78, 5) is 25.8. The average Bonchev–Trinajstić information content (AvgIpc) is 2.83. The summed E-state index contributed by atoms with van der Waals surface area (Å²) in [5.74, 6) is -1.00. The molecule has 0 fully saturated rings. The Morgan fingerprint density at radius 2 is 2.19 bits per heavy atom. The van der Waals surface area contributed by atoms with Gasteiger partial charge in [0, 0.05) is 12.3 Å². The lowest BCUT2D eigenvalue weighted by atomic mass is 10.1. The molecule has 1 amide bonds. The Morgan fingerprint density at radius 1 is 1.38 bits per heavy atom. The highest BCUT2D eigenvalue weighted by molar-refractivity contribution is 7.14. The summed E-state index contributed by atoms with van der Waals surface area (Å²) in [6.45, 7) is 1.44. The van der Waals surface area contributed by atoms with Crippen molar-refractivity contribution in [3.05, 3.63) is 46.5 Å². The van der Waals surface area contributed by atoms with E-state index in [0.717, 1.165) is 16.8 Å². The third-order valence-electron chi connectivity index (χ3n) is 2.56. The Hall–Kier alpha value is -2.47. The second-order valence-corrected chi connectivity index (χ2v) is 5.27. The van der Waals surface area contributed by atoms with E-state index in [-0.39, 0.29) is 12.3 Å². The van der Waals surface area contributed by atoms with Crippen molar-refractivity contribution in [2.75, 3.05) is 5.32 Å². The Morgan fingerprint density at radius 3 is 2.90 bits per heavy atom. The van der Waals surface area contributed by atoms with E-state index in [0.29, 0.717) is 5.13 Å². The van der Waals surface area contributed by atoms with E-state index >= 15 is 0 Å². The van der Waals surface area contributed by atoms with Crippen molar-refractivity contribution >= 4 is 40.5 Å². The van der Waals surface area contributed by atoms with Crippen molar-refractivity contribution in [3.8, 4) is 0 Å². The van der Waals surface area contributed by atoms with Gasteiger partial charge in [-0.15, -0.1) is 11.3 Å². The zero-order chi connectivity index (χ0) is 15.2. The van der Waals surface area contributed by atoms with Gasteiger partial charge in [-0.05, 0) is 17.2 Å². The van der Waals surface area contributed by atoms with Crippen molar-refractivity contribution < 1.29 is 14.7 Å². The Kier molecular flexibility index (Phi) is 4.84. The lowest BCUT2D eigenvalue weighted by Crippen LogP contribution is -2.04. The van der Waals surface area contributed by atoms with Gasteiger partial charge in [-0.3, -0.25) is 9.59 Å². The molecule has 0 unspecified atom stereocenters. The van der Waals surface area contributed by atoms with Crippen molar-refractivity contribution in [1.29, 1.82) is 0 Å². The first kappa shape index (κ1) is 14.9. The molecule has 21 heavy (non-hydrogen) atoms. The maximum absolute atomic E-state index is 10.9. The number of aromatic nitrogens is 1. The summed E-state index contributed by atoms with van der Waals surface area (Å²) < 4.78 is 0. The molecule has 0 aliphatic heterocycles. The van der Waals surface area contributed by atoms with Crippen LogP contribution in [0.25, 0.3) is 12.2 Å². The quantitative estimate of drug-likeness (QED) is 0.890. The SMILES string of the molecule is CC(=O)Nc1nc(/C=C/c2cccc(CC(=O)O)c2)cs1. The topological polar surface area (TPSA) is 79.3 Å². The maximum atomic E-state index is 10.9. The van der Waals surface area contributed by atoms with Gasteiger partial charge in [0.25, 0.3) is 0 Å². The van der Waals surface area contributed by atoms with E-state index in [1.165, 1.54) is 18.3 Å². The van der Waals surface area contributed by atoms with Crippen LogP contribution in [0.15, 0.2) is 29.6 Å². The van der Waals surface area contributed by atoms with E-state index in [1.807, 2.05) is 35.7 Å². The highest BCUT2D eigenvalue weighted by Crippen LogP contribution is 2.17. The standard InChI is InChI=1S/C15H14N2O3S/c1-10(18)16-15-17-13(9-21-15)6-5-11-3-2-4-12(7-11)8-14(19)20/h2-7,9H,8H2,1H3,(H,19,20)(H,16,17,18)/b6-5+. The minimum absolute atomic E-state index is 0.00502. The molecule has 0 atom stereocenters. The normalized spacial score (nSPS) is 10.7. The van der Waals surface area contributed by atoms with Crippen LogP contribution in [-0.2, 0) is 16.0 Å². The van der Waals surface area contributed by atoms with Crippen LogP contribution in [0, 0.1) is 0 Å². The highest BCUT2D eigenvalue weighted by atomic mass is 32.1. The summed E-state index contributed by atoms with van der Waals surface area (Å²) in [6.07, 6.45) is 3.69. The third-order valence-corrected chi connectivity index (χ3v) is 3.33. The molecule has 1 aromatic heterocycles. The molecule has 0 radical (unpaired) electrons. The number of carbonyl (C=O) groups excluding carboxylic acids is 1. The number of carboxylic acids is 1. The molecule has 0 aliphatic rings. The van der Waals surface area contributed by atoms with E-state index in [2.05, 4.69) is 10.3 Å². The Bertz CT molecular complexity index is 692. The van der Waals surface area contributed by atoms with Crippen molar-refractivity contribution in [3.63, 3.8) is 0 Å². The van der Waals surface area contributed by atoms with E-state index in [1.54, 1.807) is 6.07 Å². The summed E-state index contributed by atoms with van der Waals surface area (Å²) in [5.41, 5.74) is 2.40. The number of rotatable bonds is 5. The number of nitrogens with zero attached hydrogens (tertiary/aromatic N) is 1. The number of benzene rings is 1. The first-order valence-corrected chi connectivity index (χ1v) is 7.13. The van der Waals surface area contributed by atoms with E-state index in [4.69, 9.17) is 5.11 Å². The minimum atomic E-state index is -0.851. The van der Waals surface area contributed by atoms with E-state index in [9.17, 15) is 9.59 Å². The predicted molar refractivity (Wildman–Crippen MR) is 83.1 cm³/mol. The zero-order valence-electron chi connectivity index (χ0n) is 11.4. The predicted octanol–water partition coefficient (Wildman–Crippen LogP) is 2.90. The van der Waals surface area contributed by atoms with Crippen LogP contribution in [0.1, 0.15) is 23.7 Å². The van der Waals surface area contributed by atoms with Crippen LogP contribution in [0.5, 0.6) is 0 Å². The van der Waals surface area contributed by atoms with Crippen LogP contribution in [-0.4, -0.2) is 22.0 Å². The molecule has 1 heterocycles. The summed E-state index contributed by atoms with van der Waals surface area (Å²) in [5, 5.41) is 13.8. The van der Waals surface area contributed by atoms with Gasteiger partial charge >= 0.3 is 5.97 Å². The second-order valence-electron chi connectivity index (χ2n) is 4.41. The number of aliphatic carboxylic acids is 1. The molecule has 2 N–H and O–H groups in total. The molecule has 6 heteroatoms. The largest absolute Gasteiger partial charge is 0.481 e.